The van der Waals surface area contributed by atoms with Gasteiger partial charge in [-0.05, 0) is 114 Å². The van der Waals surface area contributed by atoms with Crippen LogP contribution >= 0.6 is 11.8 Å². The predicted molar refractivity (Wildman–Crippen MR) is 155 cm³/mol. The molecule has 41 heavy (non-hydrogen) atoms. The first-order chi connectivity index (χ1) is 19.7. The van der Waals surface area contributed by atoms with Crippen molar-refractivity contribution in [3.8, 4) is 5.75 Å². The fourth-order valence-corrected chi connectivity index (χ4v) is 6.23. The number of thioether (sulfide) groups is 1. The van der Waals surface area contributed by atoms with Gasteiger partial charge in [0.05, 0.1) is 6.67 Å². The van der Waals surface area contributed by atoms with Crippen LogP contribution < -0.4 is 10.5 Å². The van der Waals surface area contributed by atoms with Crippen LogP contribution in [0.3, 0.4) is 0 Å². The summed E-state index contributed by atoms with van der Waals surface area (Å²) in [5, 5.41) is 0. The summed E-state index contributed by atoms with van der Waals surface area (Å²) < 4.78 is 57.5. The first kappa shape index (κ1) is 29.2. The summed E-state index contributed by atoms with van der Waals surface area (Å²) in [4.78, 5) is 14.2. The van der Waals surface area contributed by atoms with Gasteiger partial charge in [0, 0.05) is 30.1 Å². The van der Waals surface area contributed by atoms with Crippen molar-refractivity contribution in [1.82, 2.24) is 4.90 Å². The van der Waals surface area contributed by atoms with Crippen LogP contribution in [-0.2, 0) is 6.42 Å². The Morgan fingerprint density at radius 1 is 1.00 bits per heavy atom. The van der Waals surface area contributed by atoms with Crippen molar-refractivity contribution in [2.24, 2.45) is 5.73 Å². The van der Waals surface area contributed by atoms with Gasteiger partial charge in [0.2, 0.25) is 5.91 Å². The van der Waals surface area contributed by atoms with E-state index in [1.807, 2.05) is 36.4 Å². The standard InChI is InChI=1S/C32H32F4N2O2S/c33-16-2-17-38-18-15-26(20-38)40-25-10-5-22(6-11-25)30-28(21-7-12-27(13-8-21)41-32(34,35)36)4-1-3-23-19-24(31(37)39)9-14-29(23)30/h5-14,19,26H,1-4,15-18,20H2,(H2,37,39)/t26-/m0/s1. The van der Waals surface area contributed by atoms with Crippen LogP contribution in [0.25, 0.3) is 11.1 Å². The van der Waals surface area contributed by atoms with Gasteiger partial charge in [-0.2, -0.15) is 13.2 Å². The molecule has 1 atom stereocenters. The molecule has 0 aromatic heterocycles. The molecule has 0 spiro atoms. The Morgan fingerprint density at radius 3 is 2.41 bits per heavy atom. The number of carbonyl (C=O) groups excluding carboxylic acids is 1. The van der Waals surface area contributed by atoms with Gasteiger partial charge in [0.25, 0.3) is 0 Å². The number of alkyl halides is 4. The zero-order chi connectivity index (χ0) is 29.0. The SMILES string of the molecule is NC(=O)c1ccc2c(c1)CCCC(c1ccc(SC(F)(F)F)cc1)=C2c1ccc(O[C@H]2CCN(CCCF)C2)cc1. The highest BCUT2D eigenvalue weighted by atomic mass is 32.2. The Bertz CT molecular complexity index is 1400. The quantitative estimate of drug-likeness (QED) is 0.209. The minimum Gasteiger partial charge on any atom is -0.489 e. The number of ether oxygens (including phenoxy) is 1. The lowest BCUT2D eigenvalue weighted by atomic mass is 9.87. The van der Waals surface area contributed by atoms with E-state index in [1.165, 1.54) is 12.1 Å². The van der Waals surface area contributed by atoms with Crippen molar-refractivity contribution in [2.45, 2.75) is 48.6 Å². The number of hydrogen-bond acceptors (Lipinski definition) is 4. The highest BCUT2D eigenvalue weighted by molar-refractivity contribution is 8.00. The number of primary amides is 1. The van der Waals surface area contributed by atoms with E-state index in [0.717, 1.165) is 84.5 Å². The minimum absolute atomic E-state index is 0.0501. The highest BCUT2D eigenvalue weighted by Gasteiger charge is 2.29. The normalized spacial score (nSPS) is 17.8. The number of nitrogens with two attached hydrogens (primary N) is 1. The van der Waals surface area contributed by atoms with Crippen LogP contribution in [0.1, 0.15) is 58.3 Å². The number of carbonyl (C=O) groups is 1. The summed E-state index contributed by atoms with van der Waals surface area (Å²) in [7, 11) is 0. The second-order valence-electron chi connectivity index (χ2n) is 10.4. The maximum atomic E-state index is 12.9. The molecule has 9 heteroatoms. The molecule has 0 unspecified atom stereocenters. The molecular formula is C32H32F4N2O2S. The van der Waals surface area contributed by atoms with Crippen molar-refractivity contribution >= 4 is 28.8 Å². The van der Waals surface area contributed by atoms with Crippen LogP contribution in [0.15, 0.2) is 71.6 Å². The van der Waals surface area contributed by atoms with E-state index >= 15 is 0 Å². The van der Waals surface area contributed by atoms with Crippen LogP contribution in [0, 0.1) is 0 Å². The molecule has 1 saturated heterocycles. The van der Waals surface area contributed by atoms with E-state index < -0.39 is 11.4 Å². The molecule has 1 heterocycles. The molecule has 3 aromatic rings. The molecule has 1 aliphatic heterocycles. The van der Waals surface area contributed by atoms with Crippen LogP contribution in [0.2, 0.25) is 0 Å². The van der Waals surface area contributed by atoms with Gasteiger partial charge < -0.3 is 10.5 Å². The molecule has 1 amide bonds. The highest BCUT2D eigenvalue weighted by Crippen LogP contribution is 2.42. The molecule has 2 aliphatic rings. The van der Waals surface area contributed by atoms with E-state index in [1.54, 1.807) is 18.2 Å². The molecule has 4 nitrogen and oxygen atoms in total. The number of halogens is 4. The summed E-state index contributed by atoms with van der Waals surface area (Å²) in [5.41, 5.74) is 7.47. The Kier molecular flexibility index (Phi) is 9.04. The molecule has 0 radical (unpaired) electrons. The summed E-state index contributed by atoms with van der Waals surface area (Å²) in [6.45, 7) is 2.09. The van der Waals surface area contributed by atoms with Gasteiger partial charge in [-0.3, -0.25) is 14.1 Å². The second-order valence-corrected chi connectivity index (χ2v) is 11.5. The predicted octanol–water partition coefficient (Wildman–Crippen LogP) is 7.51. The molecule has 1 fully saturated rings. The number of aryl methyl sites for hydroxylation is 1. The average molecular weight is 585 g/mol. The summed E-state index contributed by atoms with van der Waals surface area (Å²) in [6.07, 6.45) is 3.75. The van der Waals surface area contributed by atoms with Crippen molar-refractivity contribution in [2.75, 3.05) is 26.3 Å². The first-order valence-corrected chi connectivity index (χ1v) is 14.6. The van der Waals surface area contributed by atoms with E-state index in [-0.39, 0.29) is 29.4 Å². The van der Waals surface area contributed by atoms with Gasteiger partial charge in [-0.25, -0.2) is 0 Å². The summed E-state index contributed by atoms with van der Waals surface area (Å²) >= 11 is -0.125. The number of benzene rings is 3. The monoisotopic (exact) mass is 584 g/mol. The van der Waals surface area contributed by atoms with E-state index in [2.05, 4.69) is 4.90 Å². The number of likely N-dealkylation sites (tertiary alicyclic amines) is 1. The number of nitrogens with zero attached hydrogens (tertiary/aromatic N) is 1. The van der Waals surface area contributed by atoms with Gasteiger partial charge >= 0.3 is 5.51 Å². The van der Waals surface area contributed by atoms with Crippen molar-refractivity contribution < 1.29 is 27.1 Å². The molecule has 0 bridgehead atoms. The Balaban J connectivity index is 1.48. The minimum atomic E-state index is -4.35. The fourth-order valence-electron chi connectivity index (χ4n) is 5.69. The number of hydrogen-bond donors (Lipinski definition) is 1. The number of fused-ring (bicyclic) bond motifs is 1. The third-order valence-corrected chi connectivity index (χ3v) is 8.29. The number of allylic oxidation sites excluding steroid dienone is 1. The zero-order valence-electron chi connectivity index (χ0n) is 22.6. The Morgan fingerprint density at radius 2 is 1.73 bits per heavy atom. The topological polar surface area (TPSA) is 55.6 Å². The fraction of sp³-hybridized carbons (Fsp3) is 0.344. The zero-order valence-corrected chi connectivity index (χ0v) is 23.4. The van der Waals surface area contributed by atoms with Crippen LogP contribution in [0.4, 0.5) is 17.6 Å². The van der Waals surface area contributed by atoms with Crippen molar-refractivity contribution in [3.05, 3.63) is 94.5 Å². The van der Waals surface area contributed by atoms with E-state index in [4.69, 9.17) is 10.5 Å². The smallest absolute Gasteiger partial charge is 0.446 e. The number of rotatable bonds is 9. The van der Waals surface area contributed by atoms with Crippen molar-refractivity contribution in [1.29, 1.82) is 0 Å². The second kappa shape index (κ2) is 12.7. The Labute approximate surface area is 241 Å². The summed E-state index contributed by atoms with van der Waals surface area (Å²) in [5.74, 6) is 0.261. The maximum absolute atomic E-state index is 12.9. The molecule has 0 saturated carbocycles. The van der Waals surface area contributed by atoms with Gasteiger partial charge in [0.15, 0.2) is 0 Å². The molecule has 1 aliphatic carbocycles. The van der Waals surface area contributed by atoms with Gasteiger partial charge in [-0.1, -0.05) is 30.3 Å². The lowest BCUT2D eigenvalue weighted by Gasteiger charge is -2.19. The van der Waals surface area contributed by atoms with Gasteiger partial charge in [-0.15, -0.1) is 0 Å². The van der Waals surface area contributed by atoms with Crippen LogP contribution in [0.5, 0.6) is 5.75 Å². The number of amides is 1. The van der Waals surface area contributed by atoms with Crippen LogP contribution in [-0.4, -0.2) is 48.7 Å². The largest absolute Gasteiger partial charge is 0.489 e. The van der Waals surface area contributed by atoms with Gasteiger partial charge in [0.1, 0.15) is 11.9 Å². The van der Waals surface area contributed by atoms with Crippen molar-refractivity contribution in [3.63, 3.8) is 0 Å². The lowest BCUT2D eigenvalue weighted by molar-refractivity contribution is -0.0328. The molecule has 5 rings (SSSR count). The summed E-state index contributed by atoms with van der Waals surface area (Å²) in [6, 6.07) is 19.9. The third kappa shape index (κ3) is 7.32. The maximum Gasteiger partial charge on any atom is 0.446 e. The third-order valence-electron chi connectivity index (χ3n) is 7.55. The average Bonchev–Trinajstić information content (AvgIpc) is 3.30. The molecule has 3 aromatic carbocycles. The van der Waals surface area contributed by atoms with E-state index in [0.29, 0.717) is 12.0 Å². The molecular weight excluding hydrogens is 552 g/mol. The first-order valence-electron chi connectivity index (χ1n) is 13.8. The Hall–Kier alpha value is -3.30. The molecule has 2 N–H and O–H groups in total. The van der Waals surface area contributed by atoms with E-state index in [9.17, 15) is 22.4 Å². The lowest BCUT2D eigenvalue weighted by Crippen LogP contribution is -2.26. The molecule has 216 valence electrons.